The molecule has 1 aromatic carbocycles. The normalized spacial score (nSPS) is 11.0. The number of fused-ring (bicyclic) bond motifs is 1. The van der Waals surface area contributed by atoms with Crippen molar-refractivity contribution in [1.29, 1.82) is 0 Å². The highest BCUT2D eigenvalue weighted by atomic mass is 32.1. The lowest BCUT2D eigenvalue weighted by Crippen LogP contribution is -2.13. The molecule has 0 radical (unpaired) electrons. The molecule has 0 spiro atoms. The van der Waals surface area contributed by atoms with Crippen LogP contribution in [0, 0.1) is 13.8 Å². The van der Waals surface area contributed by atoms with Crippen LogP contribution in [0.2, 0.25) is 0 Å². The van der Waals surface area contributed by atoms with Gasteiger partial charge < -0.3 is 4.74 Å². The van der Waals surface area contributed by atoms with Gasteiger partial charge in [-0.3, -0.25) is 10.1 Å². The number of thiazole rings is 1. The van der Waals surface area contributed by atoms with Gasteiger partial charge in [-0.2, -0.15) is 4.98 Å². The Bertz CT molecular complexity index is 1170. The van der Waals surface area contributed by atoms with Crippen molar-refractivity contribution >= 4 is 28.2 Å². The molecule has 0 aliphatic rings. The Labute approximate surface area is 171 Å². The van der Waals surface area contributed by atoms with Crippen LogP contribution >= 0.6 is 11.3 Å². The summed E-state index contributed by atoms with van der Waals surface area (Å²) in [5, 5.41) is 9.38. The van der Waals surface area contributed by atoms with Crippen LogP contribution in [0.25, 0.3) is 17.0 Å². The third-order valence-corrected chi connectivity index (χ3v) is 4.93. The zero-order chi connectivity index (χ0) is 20.4. The van der Waals surface area contributed by atoms with E-state index < -0.39 is 5.91 Å². The Kier molecular flexibility index (Phi) is 5.22. The third-order valence-electron chi connectivity index (χ3n) is 4.17. The van der Waals surface area contributed by atoms with Crippen LogP contribution in [-0.2, 0) is 0 Å². The van der Waals surface area contributed by atoms with E-state index in [0.29, 0.717) is 17.5 Å². The van der Waals surface area contributed by atoms with E-state index in [9.17, 15) is 4.79 Å². The van der Waals surface area contributed by atoms with Crippen LogP contribution in [0.5, 0.6) is 5.75 Å². The van der Waals surface area contributed by atoms with Gasteiger partial charge >= 0.3 is 0 Å². The molecule has 3 aromatic heterocycles. The molecule has 1 N–H and O–H groups in total. The molecule has 29 heavy (non-hydrogen) atoms. The van der Waals surface area contributed by atoms with Crippen molar-refractivity contribution in [1.82, 2.24) is 24.6 Å². The van der Waals surface area contributed by atoms with Crippen LogP contribution in [0.15, 0.2) is 35.7 Å². The van der Waals surface area contributed by atoms with E-state index in [-0.39, 0.29) is 5.82 Å². The van der Waals surface area contributed by atoms with E-state index in [1.54, 1.807) is 4.52 Å². The fraction of sp³-hybridized carbons (Fsp3) is 0.250. The number of carbonyl (C=O) groups is 1. The van der Waals surface area contributed by atoms with Gasteiger partial charge in [0.05, 0.1) is 12.3 Å². The highest BCUT2D eigenvalue weighted by Gasteiger charge is 2.17. The zero-order valence-electron chi connectivity index (χ0n) is 16.3. The largest absolute Gasteiger partial charge is 0.494 e. The first-order chi connectivity index (χ1) is 14.0. The Morgan fingerprint density at radius 3 is 2.72 bits per heavy atom. The van der Waals surface area contributed by atoms with E-state index in [4.69, 9.17) is 4.74 Å². The van der Waals surface area contributed by atoms with Crippen molar-refractivity contribution < 1.29 is 9.53 Å². The predicted molar refractivity (Wildman–Crippen MR) is 112 cm³/mol. The predicted octanol–water partition coefficient (Wildman–Crippen LogP) is 3.91. The quantitative estimate of drug-likeness (QED) is 0.520. The van der Waals surface area contributed by atoms with E-state index in [0.717, 1.165) is 34.8 Å². The number of anilines is 1. The Balaban J connectivity index is 1.49. The van der Waals surface area contributed by atoms with Gasteiger partial charge in [0.15, 0.2) is 5.13 Å². The molecule has 4 aromatic rings. The maximum atomic E-state index is 12.5. The summed E-state index contributed by atoms with van der Waals surface area (Å²) in [5.41, 5.74) is 3.42. The second-order valence-electron chi connectivity index (χ2n) is 6.55. The van der Waals surface area contributed by atoms with Gasteiger partial charge in [0.25, 0.3) is 11.7 Å². The van der Waals surface area contributed by atoms with E-state index in [2.05, 4.69) is 32.3 Å². The smallest absolute Gasteiger partial charge is 0.297 e. The summed E-state index contributed by atoms with van der Waals surface area (Å²) in [6.07, 6.45) is 0.966. The van der Waals surface area contributed by atoms with E-state index in [1.165, 1.54) is 11.3 Å². The van der Waals surface area contributed by atoms with Crippen LogP contribution in [0.4, 0.5) is 5.13 Å². The van der Waals surface area contributed by atoms with Crippen LogP contribution in [0.3, 0.4) is 0 Å². The molecule has 0 unspecified atom stereocenters. The summed E-state index contributed by atoms with van der Waals surface area (Å²) >= 11 is 1.35. The number of aromatic nitrogens is 5. The molecule has 0 aliphatic carbocycles. The maximum absolute atomic E-state index is 12.5. The van der Waals surface area contributed by atoms with Crippen molar-refractivity contribution in [3.05, 3.63) is 52.9 Å². The van der Waals surface area contributed by atoms with Crippen LogP contribution in [0.1, 0.15) is 35.4 Å². The molecule has 0 atom stereocenters. The van der Waals surface area contributed by atoms with Crippen molar-refractivity contribution in [2.45, 2.75) is 27.2 Å². The van der Waals surface area contributed by atoms with Gasteiger partial charge in [-0.25, -0.2) is 14.5 Å². The van der Waals surface area contributed by atoms with E-state index >= 15 is 0 Å². The highest BCUT2D eigenvalue weighted by Crippen LogP contribution is 2.26. The number of rotatable bonds is 6. The Morgan fingerprint density at radius 1 is 1.17 bits per heavy atom. The lowest BCUT2D eigenvalue weighted by Gasteiger charge is -2.04. The highest BCUT2D eigenvalue weighted by molar-refractivity contribution is 7.14. The van der Waals surface area contributed by atoms with Gasteiger partial charge in [0.1, 0.15) is 5.75 Å². The molecule has 148 valence electrons. The number of hydrogen-bond donors (Lipinski definition) is 1. The molecule has 3 heterocycles. The number of amides is 1. The Hall–Kier alpha value is -3.33. The number of benzene rings is 1. The number of nitrogens with one attached hydrogen (secondary N) is 1. The second kappa shape index (κ2) is 7.96. The monoisotopic (exact) mass is 408 g/mol. The first-order valence-corrected chi connectivity index (χ1v) is 10.1. The summed E-state index contributed by atoms with van der Waals surface area (Å²) in [6.45, 7) is 6.53. The van der Waals surface area contributed by atoms with Gasteiger partial charge in [0, 0.05) is 22.3 Å². The van der Waals surface area contributed by atoms with Gasteiger partial charge in [-0.05, 0) is 50.6 Å². The summed E-state index contributed by atoms with van der Waals surface area (Å²) in [4.78, 5) is 25.6. The summed E-state index contributed by atoms with van der Waals surface area (Å²) in [5.74, 6) is 0.867. The van der Waals surface area contributed by atoms with Crippen LogP contribution in [-0.4, -0.2) is 37.1 Å². The fourth-order valence-electron chi connectivity index (χ4n) is 2.82. The standard InChI is InChI=1S/C20H20N6O2S/c1-4-9-28-15-7-5-14(6-8-15)16-11-29-20(22-16)24-18(27)17-23-19-21-12(2)10-13(3)26(19)25-17/h5-8,10-11H,4,9H2,1-3H3,(H,22,24,27). The molecule has 1 amide bonds. The van der Waals surface area contributed by atoms with Gasteiger partial charge in [0.2, 0.25) is 5.82 Å². The average Bonchev–Trinajstić information content (AvgIpc) is 3.34. The first kappa shape index (κ1) is 19.0. The topological polar surface area (TPSA) is 94.3 Å². The molecule has 9 heteroatoms. The maximum Gasteiger partial charge on any atom is 0.297 e. The molecular weight excluding hydrogens is 388 g/mol. The molecule has 0 saturated heterocycles. The molecule has 8 nitrogen and oxygen atoms in total. The fourth-order valence-corrected chi connectivity index (χ4v) is 3.54. The minimum Gasteiger partial charge on any atom is -0.494 e. The number of hydrogen-bond acceptors (Lipinski definition) is 7. The van der Waals surface area contributed by atoms with Crippen molar-refractivity contribution in [2.75, 3.05) is 11.9 Å². The van der Waals surface area contributed by atoms with Crippen molar-refractivity contribution in [3.63, 3.8) is 0 Å². The Morgan fingerprint density at radius 2 is 1.97 bits per heavy atom. The molecule has 0 bridgehead atoms. The molecule has 0 saturated carbocycles. The SMILES string of the molecule is CCCOc1ccc(-c2csc(NC(=O)c3nc4nc(C)cc(C)n4n3)n2)cc1. The number of ether oxygens (including phenoxy) is 1. The summed E-state index contributed by atoms with van der Waals surface area (Å²) < 4.78 is 7.15. The number of carbonyl (C=O) groups excluding carboxylic acids is 1. The van der Waals surface area contributed by atoms with E-state index in [1.807, 2.05) is 49.6 Å². The lowest BCUT2D eigenvalue weighted by molar-refractivity contribution is 0.101. The lowest BCUT2D eigenvalue weighted by atomic mass is 10.2. The minimum absolute atomic E-state index is 0.0559. The average molecular weight is 408 g/mol. The van der Waals surface area contributed by atoms with Crippen molar-refractivity contribution in [3.8, 4) is 17.0 Å². The van der Waals surface area contributed by atoms with Crippen molar-refractivity contribution in [2.24, 2.45) is 0 Å². The second-order valence-corrected chi connectivity index (χ2v) is 7.41. The van der Waals surface area contributed by atoms with Crippen LogP contribution < -0.4 is 10.1 Å². The number of nitrogens with zero attached hydrogens (tertiary/aromatic N) is 5. The first-order valence-electron chi connectivity index (χ1n) is 9.24. The molecule has 0 fully saturated rings. The van der Waals surface area contributed by atoms with Gasteiger partial charge in [-0.1, -0.05) is 6.92 Å². The minimum atomic E-state index is -0.420. The molecule has 4 rings (SSSR count). The van der Waals surface area contributed by atoms with Gasteiger partial charge in [-0.15, -0.1) is 16.4 Å². The third kappa shape index (κ3) is 4.09. The molecule has 0 aliphatic heterocycles. The summed E-state index contributed by atoms with van der Waals surface area (Å²) in [7, 11) is 0. The molecular formula is C20H20N6O2S. The number of aryl methyl sites for hydroxylation is 2. The summed E-state index contributed by atoms with van der Waals surface area (Å²) in [6, 6.07) is 9.62. The zero-order valence-corrected chi connectivity index (χ0v) is 17.2.